The molecule has 9 heteroatoms. The molecule has 0 aliphatic carbocycles. The topological polar surface area (TPSA) is 144 Å². The molecule has 0 bridgehead atoms. The SMILES string of the molecule is NC(N)=O.O=S(=O)(O)O.[NaH]. The van der Waals surface area contributed by atoms with Crippen molar-refractivity contribution in [2.24, 2.45) is 11.5 Å². The third-order valence-corrected chi connectivity index (χ3v) is 0. The van der Waals surface area contributed by atoms with Crippen molar-refractivity contribution in [1.82, 2.24) is 0 Å². The van der Waals surface area contributed by atoms with Crippen LogP contribution >= 0.6 is 0 Å². The second-order valence-electron chi connectivity index (χ2n) is 0.850. The number of hydrogen-bond acceptors (Lipinski definition) is 3. The van der Waals surface area contributed by atoms with Crippen molar-refractivity contribution in [3.63, 3.8) is 0 Å². The van der Waals surface area contributed by atoms with E-state index in [1.54, 1.807) is 0 Å². The molecule has 2 amide bonds. The second kappa shape index (κ2) is 7.25. The van der Waals surface area contributed by atoms with Gasteiger partial charge in [-0.05, 0) is 0 Å². The fourth-order valence-electron chi connectivity index (χ4n) is 0. The summed E-state index contributed by atoms with van der Waals surface area (Å²) in [6.45, 7) is 0. The molecule has 0 heterocycles. The Balaban J connectivity index is -0.0000000910. The van der Waals surface area contributed by atoms with Crippen molar-refractivity contribution < 1.29 is 22.3 Å². The number of carbonyl (C=O) groups excluding carboxylic acids is 1. The number of rotatable bonds is 0. The van der Waals surface area contributed by atoms with Crippen LogP contribution in [0.4, 0.5) is 4.79 Å². The number of amides is 2. The van der Waals surface area contributed by atoms with E-state index in [0.717, 1.165) is 0 Å². The van der Waals surface area contributed by atoms with E-state index < -0.39 is 16.4 Å². The zero-order chi connectivity index (χ0) is 8.08. The Morgan fingerprint density at radius 1 is 1.20 bits per heavy atom. The predicted molar refractivity (Wildman–Crippen MR) is 35.1 cm³/mol. The molecule has 0 aliphatic rings. The van der Waals surface area contributed by atoms with Crippen molar-refractivity contribution >= 4 is 46.0 Å². The van der Waals surface area contributed by atoms with E-state index in [1.807, 2.05) is 0 Å². The molecule has 0 radical (unpaired) electrons. The molecule has 0 rings (SSSR count). The van der Waals surface area contributed by atoms with Gasteiger partial charge in [0.15, 0.2) is 0 Å². The van der Waals surface area contributed by atoms with Crippen molar-refractivity contribution in [2.75, 3.05) is 0 Å². The monoisotopic (exact) mass is 182 g/mol. The van der Waals surface area contributed by atoms with Gasteiger partial charge in [-0.1, -0.05) is 0 Å². The zero-order valence-corrected chi connectivity index (χ0v) is 5.00. The van der Waals surface area contributed by atoms with Crippen molar-refractivity contribution in [2.45, 2.75) is 0 Å². The van der Waals surface area contributed by atoms with Crippen LogP contribution in [0, 0.1) is 0 Å². The van der Waals surface area contributed by atoms with E-state index in [4.69, 9.17) is 22.3 Å². The summed E-state index contributed by atoms with van der Waals surface area (Å²) in [5.74, 6) is 0. The van der Waals surface area contributed by atoms with Crippen LogP contribution in [0.2, 0.25) is 0 Å². The van der Waals surface area contributed by atoms with Crippen LogP contribution in [0.1, 0.15) is 0 Å². The summed E-state index contributed by atoms with van der Waals surface area (Å²) in [7, 11) is -4.67. The Bertz CT molecular complexity index is 162. The Morgan fingerprint density at radius 3 is 1.20 bits per heavy atom. The first-order valence-corrected chi connectivity index (χ1v) is 2.88. The van der Waals surface area contributed by atoms with Gasteiger partial charge in [-0.25, -0.2) is 4.79 Å². The van der Waals surface area contributed by atoms with Crippen LogP contribution in [0.5, 0.6) is 0 Å². The quantitative estimate of drug-likeness (QED) is 0.246. The first-order chi connectivity index (χ1) is 3.73. The van der Waals surface area contributed by atoms with Crippen molar-refractivity contribution in [3.05, 3.63) is 0 Å². The summed E-state index contributed by atoms with van der Waals surface area (Å²) < 4.78 is 31.6. The second-order valence-corrected chi connectivity index (χ2v) is 1.75. The van der Waals surface area contributed by atoms with Crippen LogP contribution in [0.3, 0.4) is 0 Å². The number of hydrogen-bond donors (Lipinski definition) is 4. The van der Waals surface area contributed by atoms with E-state index in [0.29, 0.717) is 0 Å². The average molecular weight is 182 g/mol. The normalized spacial score (nSPS) is 8.20. The molecule has 0 aromatic heterocycles. The minimum absolute atomic E-state index is 0. The van der Waals surface area contributed by atoms with Gasteiger partial charge in [-0.2, -0.15) is 8.42 Å². The van der Waals surface area contributed by atoms with Crippen molar-refractivity contribution in [1.29, 1.82) is 0 Å². The molecule has 10 heavy (non-hydrogen) atoms. The van der Waals surface area contributed by atoms with E-state index >= 15 is 0 Å². The van der Waals surface area contributed by atoms with E-state index in [9.17, 15) is 0 Å². The van der Waals surface area contributed by atoms with Gasteiger partial charge in [0.05, 0.1) is 0 Å². The van der Waals surface area contributed by atoms with E-state index in [-0.39, 0.29) is 29.6 Å². The zero-order valence-electron chi connectivity index (χ0n) is 4.18. The molecule has 6 N–H and O–H groups in total. The number of primary amides is 2. The van der Waals surface area contributed by atoms with Gasteiger partial charge in [-0.15, -0.1) is 0 Å². The van der Waals surface area contributed by atoms with Gasteiger partial charge < -0.3 is 11.5 Å². The summed E-state index contributed by atoms with van der Waals surface area (Å²) in [6.07, 6.45) is 0. The summed E-state index contributed by atoms with van der Waals surface area (Å²) >= 11 is 0. The summed E-state index contributed by atoms with van der Waals surface area (Å²) in [5.41, 5.74) is 8.50. The van der Waals surface area contributed by atoms with Crippen LogP contribution in [0.25, 0.3) is 0 Å². The molecule has 0 spiro atoms. The van der Waals surface area contributed by atoms with Gasteiger partial charge in [0.25, 0.3) is 0 Å². The van der Waals surface area contributed by atoms with Gasteiger partial charge in [0.2, 0.25) is 0 Å². The maximum atomic E-state index is 9.00. The average Bonchev–Trinajstić information content (AvgIpc) is 1.19. The molecule has 0 aromatic rings. The summed E-state index contributed by atoms with van der Waals surface area (Å²) in [6, 6.07) is -0.833. The molecular formula is CH7N2NaO5S. The van der Waals surface area contributed by atoms with Gasteiger partial charge in [0.1, 0.15) is 0 Å². The molecule has 0 atom stereocenters. The first-order valence-electron chi connectivity index (χ1n) is 1.48. The standard InChI is InChI=1S/CH4N2O.Na.H2O4S.H/c2-1(3)4;;1-5(2,3)4;/h(H4,2,3,4);;(H2,1,2,3,4);. The molecule has 0 aromatic carbocycles. The fraction of sp³-hybridized carbons (Fsp3) is 0. The third kappa shape index (κ3) is 21200. The first kappa shape index (κ1) is 16.6. The third-order valence-electron chi connectivity index (χ3n) is 0. The van der Waals surface area contributed by atoms with E-state index in [1.165, 1.54) is 0 Å². The number of nitrogens with two attached hydrogens (primary N) is 2. The summed E-state index contributed by atoms with van der Waals surface area (Å²) in [5, 5.41) is 0. The van der Waals surface area contributed by atoms with Crippen LogP contribution in [-0.4, -0.2) is 53.1 Å². The van der Waals surface area contributed by atoms with E-state index in [2.05, 4.69) is 11.5 Å². The predicted octanol–water partition coefficient (Wildman–Crippen LogP) is -2.28. The summed E-state index contributed by atoms with van der Waals surface area (Å²) in [4.78, 5) is 9.00. The van der Waals surface area contributed by atoms with Crippen LogP contribution < -0.4 is 11.5 Å². The molecular weight excluding hydrogens is 175 g/mol. The molecule has 0 saturated carbocycles. The minimum atomic E-state index is -4.67. The molecule has 58 valence electrons. The number of carbonyl (C=O) groups is 1. The van der Waals surface area contributed by atoms with Crippen LogP contribution in [-0.2, 0) is 10.4 Å². The molecule has 7 nitrogen and oxygen atoms in total. The molecule has 0 unspecified atom stereocenters. The van der Waals surface area contributed by atoms with Gasteiger partial charge in [0, 0.05) is 0 Å². The van der Waals surface area contributed by atoms with Gasteiger partial charge in [-0.3, -0.25) is 9.11 Å². The fourth-order valence-corrected chi connectivity index (χ4v) is 0. The Hall–Kier alpha value is 0.140. The maximum absolute atomic E-state index is 9.00. The Kier molecular flexibility index (Phi) is 12.0. The molecule has 0 fully saturated rings. The Morgan fingerprint density at radius 2 is 1.20 bits per heavy atom. The van der Waals surface area contributed by atoms with Gasteiger partial charge >= 0.3 is 46.0 Å². The number of urea groups is 1. The van der Waals surface area contributed by atoms with Crippen LogP contribution in [0.15, 0.2) is 0 Å². The Labute approximate surface area is 79.6 Å². The molecule has 0 aliphatic heterocycles. The van der Waals surface area contributed by atoms with Crippen molar-refractivity contribution in [3.8, 4) is 0 Å². The molecule has 0 saturated heterocycles.